The third-order valence-electron chi connectivity index (χ3n) is 6.44. The van der Waals surface area contributed by atoms with E-state index in [0.717, 1.165) is 41.5 Å². The summed E-state index contributed by atoms with van der Waals surface area (Å²) in [6.07, 6.45) is -1.95. The summed E-state index contributed by atoms with van der Waals surface area (Å²) >= 11 is 6.11. The van der Waals surface area contributed by atoms with Crippen LogP contribution in [0.25, 0.3) is 0 Å². The lowest BCUT2D eigenvalue weighted by atomic mass is 9.69. The Balaban J connectivity index is 1.77. The average Bonchev–Trinajstić information content (AvgIpc) is 2.79. The van der Waals surface area contributed by atoms with Crippen LogP contribution in [-0.2, 0) is 22.2 Å². The topological polar surface area (TPSA) is 58.5 Å². The number of nitrogens with zero attached hydrogens (tertiary/aromatic N) is 1. The van der Waals surface area contributed by atoms with Crippen molar-refractivity contribution in [3.63, 3.8) is 0 Å². The maximum absolute atomic E-state index is 13.5. The van der Waals surface area contributed by atoms with E-state index >= 15 is 0 Å². The maximum Gasteiger partial charge on any atom is 0.416 e. The lowest BCUT2D eigenvalue weighted by Crippen LogP contribution is -2.39. The zero-order valence-electron chi connectivity index (χ0n) is 18.8. The Hall–Kier alpha value is -2.93. The molecule has 178 valence electrons. The van der Waals surface area contributed by atoms with Crippen LogP contribution in [0.5, 0.6) is 0 Å². The molecule has 1 saturated carbocycles. The molecule has 0 radical (unpaired) electrons. The van der Waals surface area contributed by atoms with Gasteiger partial charge in [0, 0.05) is 29.3 Å². The highest BCUT2D eigenvalue weighted by molar-refractivity contribution is 6.34. The molecule has 1 amide bonds. The van der Waals surface area contributed by atoms with Crippen LogP contribution in [0.2, 0.25) is 5.02 Å². The molecule has 1 unspecified atom stereocenters. The normalized spacial score (nSPS) is 20.6. The van der Waals surface area contributed by atoms with Crippen LogP contribution in [0.4, 0.5) is 18.9 Å². The SMILES string of the molecule is CCc1ccc([C@@H]2C(C(=O)Nc3cc(C(F)(F)F)ccc3Cl)=C(C)N=C3CCCC(=O)C32)cc1. The van der Waals surface area contributed by atoms with Crippen LogP contribution in [0, 0.1) is 5.92 Å². The minimum absolute atomic E-state index is 0.0165. The lowest BCUT2D eigenvalue weighted by molar-refractivity contribution is -0.137. The van der Waals surface area contributed by atoms with E-state index in [0.29, 0.717) is 25.0 Å². The van der Waals surface area contributed by atoms with Gasteiger partial charge in [-0.25, -0.2) is 0 Å². The van der Waals surface area contributed by atoms with Crippen molar-refractivity contribution in [3.05, 3.63) is 75.4 Å². The molecule has 0 bridgehead atoms. The highest BCUT2D eigenvalue weighted by atomic mass is 35.5. The number of fused-ring (bicyclic) bond motifs is 1. The van der Waals surface area contributed by atoms with Crippen LogP contribution < -0.4 is 5.32 Å². The fourth-order valence-corrected chi connectivity index (χ4v) is 4.89. The molecule has 1 aliphatic heterocycles. The fourth-order valence-electron chi connectivity index (χ4n) is 4.72. The summed E-state index contributed by atoms with van der Waals surface area (Å²) in [5, 5.41) is 2.53. The first-order chi connectivity index (χ1) is 16.1. The van der Waals surface area contributed by atoms with Crippen molar-refractivity contribution in [3.8, 4) is 0 Å². The lowest BCUT2D eigenvalue weighted by Gasteiger charge is -2.36. The summed E-state index contributed by atoms with van der Waals surface area (Å²) < 4.78 is 39.6. The van der Waals surface area contributed by atoms with Crippen molar-refractivity contribution < 1.29 is 22.8 Å². The van der Waals surface area contributed by atoms with E-state index in [1.807, 2.05) is 31.2 Å². The van der Waals surface area contributed by atoms with Gasteiger partial charge in [0.25, 0.3) is 5.91 Å². The van der Waals surface area contributed by atoms with E-state index in [2.05, 4.69) is 10.3 Å². The van der Waals surface area contributed by atoms with Gasteiger partial charge in [0.05, 0.1) is 22.2 Å². The Morgan fingerprint density at radius 1 is 1.12 bits per heavy atom. The standard InChI is InChI=1S/C26H24ClF3N2O2/c1-3-15-7-9-16(10-8-15)23-22(14(2)31-19-5-4-6-21(33)24(19)23)25(34)32-20-13-17(26(28,29)30)11-12-18(20)27/h7-13,23-24H,3-6H2,1-2H3,(H,32,34)/t23-,24?/m1/s1. The van der Waals surface area contributed by atoms with Crippen LogP contribution in [0.15, 0.2) is 58.7 Å². The molecule has 1 heterocycles. The number of anilines is 1. The molecule has 4 nitrogen and oxygen atoms in total. The number of nitrogens with one attached hydrogen (secondary N) is 1. The van der Waals surface area contributed by atoms with E-state index in [9.17, 15) is 22.8 Å². The second-order valence-corrected chi connectivity index (χ2v) is 9.03. The van der Waals surface area contributed by atoms with Gasteiger partial charge >= 0.3 is 6.18 Å². The molecule has 1 fully saturated rings. The Kier molecular flexibility index (Phi) is 6.67. The number of hydrogen-bond donors (Lipinski definition) is 1. The summed E-state index contributed by atoms with van der Waals surface area (Å²) in [6, 6.07) is 10.5. The molecule has 2 aromatic rings. The number of Topliss-reactive ketones (excluding diaryl/α,β-unsaturated/α-hetero) is 1. The molecule has 8 heteroatoms. The van der Waals surface area contributed by atoms with E-state index < -0.39 is 29.5 Å². The van der Waals surface area contributed by atoms with Crippen LogP contribution >= 0.6 is 11.6 Å². The summed E-state index contributed by atoms with van der Waals surface area (Å²) in [7, 11) is 0. The van der Waals surface area contributed by atoms with E-state index in [1.165, 1.54) is 0 Å². The van der Waals surface area contributed by atoms with Gasteiger partial charge in [0.2, 0.25) is 0 Å². The highest BCUT2D eigenvalue weighted by Gasteiger charge is 2.43. The number of aliphatic imine (C=N–C) groups is 1. The summed E-state index contributed by atoms with van der Waals surface area (Å²) in [6.45, 7) is 3.73. The van der Waals surface area contributed by atoms with Crippen molar-refractivity contribution in [2.45, 2.75) is 51.6 Å². The Bertz CT molecular complexity index is 1200. The molecular formula is C26H24ClF3N2O2. The van der Waals surface area contributed by atoms with Gasteiger partial charge in [-0.05, 0) is 55.5 Å². The number of allylic oxidation sites excluding steroid dienone is 1. The second-order valence-electron chi connectivity index (χ2n) is 8.62. The van der Waals surface area contributed by atoms with E-state index in [4.69, 9.17) is 11.6 Å². The number of carbonyl (C=O) groups excluding carboxylic acids is 2. The average molecular weight is 489 g/mol. The van der Waals surface area contributed by atoms with Crippen molar-refractivity contribution in [1.29, 1.82) is 0 Å². The zero-order chi connectivity index (χ0) is 24.6. The van der Waals surface area contributed by atoms with E-state index in [1.54, 1.807) is 6.92 Å². The van der Waals surface area contributed by atoms with Crippen molar-refractivity contribution in [2.24, 2.45) is 10.9 Å². The minimum Gasteiger partial charge on any atom is -0.321 e. The molecule has 4 rings (SSSR count). The number of alkyl halides is 3. The third-order valence-corrected chi connectivity index (χ3v) is 6.77. The second kappa shape index (κ2) is 9.37. The van der Waals surface area contributed by atoms with Crippen LogP contribution in [-0.4, -0.2) is 17.4 Å². The monoisotopic (exact) mass is 488 g/mol. The van der Waals surface area contributed by atoms with Gasteiger partial charge < -0.3 is 5.32 Å². The number of carbonyl (C=O) groups is 2. The molecule has 34 heavy (non-hydrogen) atoms. The first-order valence-corrected chi connectivity index (χ1v) is 11.6. The van der Waals surface area contributed by atoms with Gasteiger partial charge in [0.1, 0.15) is 5.78 Å². The molecule has 2 aromatic carbocycles. The number of hydrogen-bond acceptors (Lipinski definition) is 3. The van der Waals surface area contributed by atoms with Gasteiger partial charge in [-0.3, -0.25) is 14.6 Å². The maximum atomic E-state index is 13.5. The molecule has 0 aromatic heterocycles. The van der Waals surface area contributed by atoms with Gasteiger partial charge in [-0.1, -0.05) is 42.8 Å². The molecule has 2 aliphatic rings. The highest BCUT2D eigenvalue weighted by Crippen LogP contribution is 2.43. The number of ketones is 1. The quantitative estimate of drug-likeness (QED) is 0.518. The minimum atomic E-state index is -4.58. The van der Waals surface area contributed by atoms with Crippen molar-refractivity contribution in [2.75, 3.05) is 5.32 Å². The van der Waals surface area contributed by atoms with Gasteiger partial charge in [-0.2, -0.15) is 13.2 Å². The zero-order valence-corrected chi connectivity index (χ0v) is 19.6. The van der Waals surface area contributed by atoms with E-state index in [-0.39, 0.29) is 22.1 Å². The molecule has 0 spiro atoms. The number of benzene rings is 2. The first-order valence-electron chi connectivity index (χ1n) is 11.2. The molecule has 2 atom stereocenters. The largest absolute Gasteiger partial charge is 0.416 e. The van der Waals surface area contributed by atoms with Crippen molar-refractivity contribution in [1.82, 2.24) is 0 Å². The molecule has 1 N–H and O–H groups in total. The number of halogens is 4. The summed E-state index contributed by atoms with van der Waals surface area (Å²) in [4.78, 5) is 31.1. The van der Waals surface area contributed by atoms with Crippen LogP contribution in [0.3, 0.4) is 0 Å². The molecule has 0 saturated heterocycles. The first kappa shape index (κ1) is 24.2. The van der Waals surface area contributed by atoms with Crippen LogP contribution in [0.1, 0.15) is 55.7 Å². The third kappa shape index (κ3) is 4.67. The Morgan fingerprint density at radius 3 is 2.47 bits per heavy atom. The smallest absolute Gasteiger partial charge is 0.321 e. The summed E-state index contributed by atoms with van der Waals surface area (Å²) in [5.74, 6) is -1.74. The van der Waals surface area contributed by atoms with Gasteiger partial charge in [-0.15, -0.1) is 0 Å². The fraction of sp³-hybridized carbons (Fsp3) is 0.346. The van der Waals surface area contributed by atoms with Crippen molar-refractivity contribution >= 4 is 34.7 Å². The molecular weight excluding hydrogens is 465 g/mol. The summed E-state index contributed by atoms with van der Waals surface area (Å²) in [5.41, 5.74) is 2.32. The molecule has 1 aliphatic carbocycles. The predicted octanol–water partition coefficient (Wildman–Crippen LogP) is 6.74. The Labute approximate surface area is 200 Å². The number of rotatable bonds is 4. The predicted molar refractivity (Wildman–Crippen MR) is 126 cm³/mol. The van der Waals surface area contributed by atoms with Gasteiger partial charge in [0.15, 0.2) is 0 Å². The Morgan fingerprint density at radius 2 is 1.82 bits per heavy atom. The number of aryl methyl sites for hydroxylation is 1. The number of amides is 1.